The molecule has 1 aliphatic rings. The summed E-state index contributed by atoms with van der Waals surface area (Å²) in [5.74, 6) is 1.56. The second-order valence-electron chi connectivity index (χ2n) is 6.35. The van der Waals surface area contributed by atoms with Gasteiger partial charge in [-0.05, 0) is 45.4 Å². The lowest BCUT2D eigenvalue weighted by atomic mass is 9.86. The van der Waals surface area contributed by atoms with E-state index in [9.17, 15) is 0 Å². The van der Waals surface area contributed by atoms with E-state index >= 15 is 0 Å². The van der Waals surface area contributed by atoms with Gasteiger partial charge in [-0.15, -0.1) is 0 Å². The van der Waals surface area contributed by atoms with Crippen LogP contribution in [0.3, 0.4) is 0 Å². The van der Waals surface area contributed by atoms with Crippen molar-refractivity contribution in [3.05, 3.63) is 0 Å². The topological polar surface area (TPSA) is 39.1 Å². The first-order chi connectivity index (χ1) is 8.43. The maximum Gasteiger partial charge on any atom is 0.0967 e. The lowest BCUT2D eigenvalue weighted by Gasteiger charge is -2.41. The summed E-state index contributed by atoms with van der Waals surface area (Å²) in [6, 6.07) is 3.40. The zero-order chi connectivity index (χ0) is 13.7. The minimum absolute atomic E-state index is 0.00950. The fraction of sp³-hybridized carbons (Fsp3) is 0.933. The van der Waals surface area contributed by atoms with Gasteiger partial charge in [0.1, 0.15) is 0 Å². The van der Waals surface area contributed by atoms with E-state index in [1.807, 2.05) is 0 Å². The molecule has 0 aliphatic carbocycles. The fourth-order valence-corrected chi connectivity index (χ4v) is 3.01. The smallest absolute Gasteiger partial charge is 0.0967 e. The molecule has 3 nitrogen and oxygen atoms in total. The van der Waals surface area contributed by atoms with Crippen LogP contribution < -0.4 is 5.32 Å². The largest absolute Gasteiger partial charge is 0.300 e. The number of nitriles is 1. The van der Waals surface area contributed by atoms with E-state index in [0.29, 0.717) is 12.1 Å². The van der Waals surface area contributed by atoms with E-state index in [1.165, 1.54) is 13.0 Å². The van der Waals surface area contributed by atoms with Crippen molar-refractivity contribution < 1.29 is 0 Å². The molecule has 0 aromatic heterocycles. The summed E-state index contributed by atoms with van der Waals surface area (Å²) < 4.78 is 0. The van der Waals surface area contributed by atoms with E-state index in [0.717, 1.165) is 24.8 Å². The van der Waals surface area contributed by atoms with Crippen LogP contribution in [0, 0.1) is 23.2 Å². The first kappa shape index (κ1) is 15.5. The van der Waals surface area contributed by atoms with E-state index < -0.39 is 0 Å². The van der Waals surface area contributed by atoms with Gasteiger partial charge in [-0.25, -0.2) is 0 Å². The molecule has 4 atom stereocenters. The zero-order valence-corrected chi connectivity index (χ0v) is 12.6. The van der Waals surface area contributed by atoms with E-state index in [1.54, 1.807) is 0 Å². The minimum Gasteiger partial charge on any atom is -0.300 e. The van der Waals surface area contributed by atoms with Crippen LogP contribution in [0.25, 0.3) is 0 Å². The summed E-state index contributed by atoms with van der Waals surface area (Å²) >= 11 is 0. The molecule has 0 aromatic carbocycles. The van der Waals surface area contributed by atoms with Gasteiger partial charge in [0.05, 0.1) is 12.1 Å². The zero-order valence-electron chi connectivity index (χ0n) is 12.6. The number of likely N-dealkylation sites (tertiary alicyclic amines) is 1. The van der Waals surface area contributed by atoms with Crippen molar-refractivity contribution in [2.24, 2.45) is 11.8 Å². The second-order valence-corrected chi connectivity index (χ2v) is 6.35. The molecule has 3 heteroatoms. The molecule has 0 bridgehead atoms. The average molecular weight is 251 g/mol. The van der Waals surface area contributed by atoms with Crippen molar-refractivity contribution in [3.63, 3.8) is 0 Å². The molecule has 1 aliphatic heterocycles. The van der Waals surface area contributed by atoms with Gasteiger partial charge in [0.25, 0.3) is 0 Å². The molecule has 1 heterocycles. The Morgan fingerprint density at radius 3 is 2.56 bits per heavy atom. The van der Waals surface area contributed by atoms with Crippen LogP contribution in [0.2, 0.25) is 0 Å². The van der Waals surface area contributed by atoms with Crippen molar-refractivity contribution >= 4 is 0 Å². The summed E-state index contributed by atoms with van der Waals surface area (Å²) in [5, 5.41) is 12.5. The Morgan fingerprint density at radius 2 is 2.00 bits per heavy atom. The van der Waals surface area contributed by atoms with E-state index in [-0.39, 0.29) is 6.04 Å². The Balaban J connectivity index is 2.43. The van der Waals surface area contributed by atoms with Gasteiger partial charge in [-0.2, -0.15) is 5.26 Å². The van der Waals surface area contributed by atoms with Crippen molar-refractivity contribution in [2.45, 2.75) is 65.6 Å². The van der Waals surface area contributed by atoms with Crippen LogP contribution in [0.5, 0.6) is 0 Å². The molecule has 0 saturated carbocycles. The highest BCUT2D eigenvalue weighted by Crippen LogP contribution is 2.26. The highest BCUT2D eigenvalue weighted by Gasteiger charge is 2.28. The first-order valence-corrected chi connectivity index (χ1v) is 7.33. The van der Waals surface area contributed by atoms with Crippen molar-refractivity contribution in [1.29, 1.82) is 5.26 Å². The SMILES string of the molecule is CC1CC(C)C(C)N(CCC(C#N)NC(C)C)C1. The Kier molecular flexibility index (Phi) is 6.11. The highest BCUT2D eigenvalue weighted by molar-refractivity contribution is 4.92. The third-order valence-corrected chi connectivity index (χ3v) is 4.12. The molecule has 0 aromatic rings. The van der Waals surface area contributed by atoms with E-state index in [2.05, 4.69) is 50.9 Å². The lowest BCUT2D eigenvalue weighted by Crippen LogP contribution is -2.47. The standard InChI is InChI=1S/C15H29N3/c1-11(2)17-15(9-16)6-7-18-10-12(3)8-13(4)14(18)5/h11-15,17H,6-8,10H2,1-5H3. The molecule has 0 spiro atoms. The lowest BCUT2D eigenvalue weighted by molar-refractivity contribution is 0.0771. The van der Waals surface area contributed by atoms with Crippen LogP contribution in [-0.2, 0) is 0 Å². The Bertz CT molecular complexity index is 282. The van der Waals surface area contributed by atoms with E-state index in [4.69, 9.17) is 5.26 Å². The van der Waals surface area contributed by atoms with Crippen molar-refractivity contribution in [1.82, 2.24) is 10.2 Å². The molecule has 104 valence electrons. The number of nitrogens with one attached hydrogen (secondary N) is 1. The molecule has 0 amide bonds. The Hall–Kier alpha value is -0.590. The quantitative estimate of drug-likeness (QED) is 0.816. The number of hydrogen-bond donors (Lipinski definition) is 1. The third kappa shape index (κ3) is 4.59. The average Bonchev–Trinajstić information content (AvgIpc) is 2.29. The van der Waals surface area contributed by atoms with Crippen LogP contribution in [0.15, 0.2) is 0 Å². The van der Waals surface area contributed by atoms with Crippen molar-refractivity contribution in [2.75, 3.05) is 13.1 Å². The summed E-state index contributed by atoms with van der Waals surface area (Å²) in [6.07, 6.45) is 2.27. The molecule has 0 radical (unpaired) electrons. The molecule has 1 rings (SSSR count). The van der Waals surface area contributed by atoms with Gasteiger partial charge in [0, 0.05) is 25.2 Å². The summed E-state index contributed by atoms with van der Waals surface area (Å²) in [6.45, 7) is 13.4. The monoisotopic (exact) mass is 251 g/mol. The molecule has 1 fully saturated rings. The van der Waals surface area contributed by atoms with Gasteiger partial charge in [0.15, 0.2) is 0 Å². The Morgan fingerprint density at radius 1 is 1.33 bits per heavy atom. The maximum atomic E-state index is 9.14. The number of hydrogen-bond acceptors (Lipinski definition) is 3. The first-order valence-electron chi connectivity index (χ1n) is 7.33. The normalized spacial score (nSPS) is 31.3. The number of piperidine rings is 1. The number of nitrogens with zero attached hydrogens (tertiary/aromatic N) is 2. The molecule has 1 saturated heterocycles. The van der Waals surface area contributed by atoms with Crippen molar-refractivity contribution in [3.8, 4) is 6.07 Å². The van der Waals surface area contributed by atoms with Crippen LogP contribution in [0.1, 0.15) is 47.5 Å². The van der Waals surface area contributed by atoms with Gasteiger partial charge in [-0.1, -0.05) is 13.8 Å². The predicted molar refractivity (Wildman–Crippen MR) is 76.3 cm³/mol. The number of rotatable bonds is 5. The summed E-state index contributed by atoms with van der Waals surface area (Å²) in [4.78, 5) is 2.56. The van der Waals surface area contributed by atoms with Crippen LogP contribution >= 0.6 is 0 Å². The summed E-state index contributed by atoms with van der Waals surface area (Å²) in [5.41, 5.74) is 0. The molecule has 18 heavy (non-hydrogen) atoms. The molecule has 1 N–H and O–H groups in total. The van der Waals surface area contributed by atoms with Gasteiger partial charge in [-0.3, -0.25) is 5.32 Å². The van der Waals surface area contributed by atoms with Crippen LogP contribution in [0.4, 0.5) is 0 Å². The summed E-state index contributed by atoms with van der Waals surface area (Å²) in [7, 11) is 0. The Labute approximate surface area is 113 Å². The third-order valence-electron chi connectivity index (χ3n) is 4.12. The maximum absolute atomic E-state index is 9.14. The van der Waals surface area contributed by atoms with Crippen LogP contribution in [-0.4, -0.2) is 36.1 Å². The fourth-order valence-electron chi connectivity index (χ4n) is 3.01. The second kappa shape index (κ2) is 7.11. The molecule has 4 unspecified atom stereocenters. The van der Waals surface area contributed by atoms with Gasteiger partial charge >= 0.3 is 0 Å². The molecular weight excluding hydrogens is 222 g/mol. The minimum atomic E-state index is -0.00950. The van der Waals surface area contributed by atoms with Gasteiger partial charge < -0.3 is 4.90 Å². The van der Waals surface area contributed by atoms with Gasteiger partial charge in [0.2, 0.25) is 0 Å². The molecular formula is C15H29N3. The predicted octanol–water partition coefficient (Wildman–Crippen LogP) is 2.63. The highest BCUT2D eigenvalue weighted by atomic mass is 15.2.